The van der Waals surface area contributed by atoms with E-state index in [1.165, 1.54) is 21.5 Å². The molecule has 0 bridgehead atoms. The van der Waals surface area contributed by atoms with E-state index in [4.69, 9.17) is 4.74 Å². The first-order chi connectivity index (χ1) is 7.90. The van der Waals surface area contributed by atoms with Gasteiger partial charge in [-0.25, -0.2) is 0 Å². The van der Waals surface area contributed by atoms with Crippen LogP contribution in [0, 0.1) is 0 Å². The van der Waals surface area contributed by atoms with Crippen LogP contribution >= 0.6 is 0 Å². The van der Waals surface area contributed by atoms with Gasteiger partial charge in [0.15, 0.2) is 0 Å². The summed E-state index contributed by atoms with van der Waals surface area (Å²) in [5.74, 6) is 0.934. The van der Waals surface area contributed by atoms with E-state index in [0.717, 1.165) is 5.75 Å². The molecule has 3 rings (SSSR count). The maximum absolute atomic E-state index is 5.38. The van der Waals surface area contributed by atoms with E-state index in [9.17, 15) is 0 Å². The van der Waals surface area contributed by atoms with Crippen LogP contribution < -0.4 is 4.74 Å². The Kier molecular flexibility index (Phi) is 2.03. The predicted octanol–water partition coefficient (Wildman–Crippen LogP) is 4.00. The van der Waals surface area contributed by atoms with Gasteiger partial charge in [0.25, 0.3) is 0 Å². The quantitative estimate of drug-likeness (QED) is 0.549. The molecule has 3 aromatic carbocycles. The number of rotatable bonds is 1. The van der Waals surface area contributed by atoms with Crippen molar-refractivity contribution >= 4 is 21.5 Å². The van der Waals surface area contributed by atoms with Gasteiger partial charge in [0, 0.05) is 5.39 Å². The van der Waals surface area contributed by atoms with Crippen LogP contribution in [-0.4, -0.2) is 7.11 Å². The molecule has 0 radical (unpaired) electrons. The van der Waals surface area contributed by atoms with Gasteiger partial charge >= 0.3 is 0 Å². The Morgan fingerprint density at radius 1 is 0.688 bits per heavy atom. The van der Waals surface area contributed by atoms with E-state index in [1.807, 2.05) is 12.1 Å². The van der Waals surface area contributed by atoms with Crippen LogP contribution in [-0.2, 0) is 0 Å². The van der Waals surface area contributed by atoms with E-state index >= 15 is 0 Å². The van der Waals surface area contributed by atoms with Crippen LogP contribution in [0.5, 0.6) is 5.75 Å². The van der Waals surface area contributed by atoms with E-state index in [0.29, 0.717) is 0 Å². The number of hydrogen-bond acceptors (Lipinski definition) is 1. The van der Waals surface area contributed by atoms with Crippen molar-refractivity contribution in [1.82, 2.24) is 0 Å². The highest BCUT2D eigenvalue weighted by atomic mass is 16.5. The maximum atomic E-state index is 5.38. The van der Waals surface area contributed by atoms with Gasteiger partial charge in [-0.2, -0.15) is 0 Å². The minimum atomic E-state index is 0.934. The molecule has 0 aliphatic rings. The molecule has 0 unspecified atom stereocenters. The Labute approximate surface area is 94.3 Å². The van der Waals surface area contributed by atoms with E-state index in [1.54, 1.807) is 7.11 Å². The van der Waals surface area contributed by atoms with Crippen molar-refractivity contribution in [2.75, 3.05) is 7.11 Å². The first kappa shape index (κ1) is 9.22. The predicted molar refractivity (Wildman–Crippen MR) is 68.0 cm³/mol. The van der Waals surface area contributed by atoms with Crippen molar-refractivity contribution < 1.29 is 4.74 Å². The molecule has 0 saturated carbocycles. The first-order valence-electron chi connectivity index (χ1n) is 5.34. The summed E-state index contributed by atoms with van der Waals surface area (Å²) in [5.41, 5.74) is 0. The molecule has 0 amide bonds. The topological polar surface area (TPSA) is 9.23 Å². The molecule has 1 heteroatoms. The molecule has 0 fully saturated rings. The lowest BCUT2D eigenvalue weighted by Gasteiger charge is -2.07. The van der Waals surface area contributed by atoms with E-state index < -0.39 is 0 Å². The average Bonchev–Trinajstić information content (AvgIpc) is 2.37. The Morgan fingerprint density at radius 3 is 2.38 bits per heavy atom. The zero-order valence-electron chi connectivity index (χ0n) is 9.10. The molecular weight excluding hydrogens is 196 g/mol. The fourth-order valence-corrected chi connectivity index (χ4v) is 2.19. The lowest BCUT2D eigenvalue weighted by molar-refractivity contribution is 0.420. The molecule has 0 aromatic heterocycles. The zero-order chi connectivity index (χ0) is 11.0. The molecule has 0 N–H and O–H groups in total. The molecule has 0 heterocycles. The normalized spacial score (nSPS) is 10.8. The third-order valence-corrected chi connectivity index (χ3v) is 2.97. The second-order valence-electron chi connectivity index (χ2n) is 3.84. The molecule has 78 valence electrons. The van der Waals surface area contributed by atoms with Crippen LogP contribution in [0.15, 0.2) is 54.6 Å². The van der Waals surface area contributed by atoms with Crippen LogP contribution in [0.1, 0.15) is 0 Å². The molecule has 0 saturated heterocycles. The Hall–Kier alpha value is -2.02. The summed E-state index contributed by atoms with van der Waals surface area (Å²) in [5, 5.41) is 4.96. The van der Waals surface area contributed by atoms with Crippen LogP contribution in [0.4, 0.5) is 0 Å². The van der Waals surface area contributed by atoms with Gasteiger partial charge < -0.3 is 4.74 Å². The van der Waals surface area contributed by atoms with Crippen LogP contribution in [0.25, 0.3) is 21.5 Å². The van der Waals surface area contributed by atoms with E-state index in [-0.39, 0.29) is 0 Å². The summed E-state index contributed by atoms with van der Waals surface area (Å²) < 4.78 is 5.38. The second kappa shape index (κ2) is 3.53. The van der Waals surface area contributed by atoms with Crippen molar-refractivity contribution in [2.24, 2.45) is 0 Å². The number of hydrogen-bond donors (Lipinski definition) is 0. The van der Waals surface area contributed by atoms with Crippen molar-refractivity contribution in [1.29, 1.82) is 0 Å². The Morgan fingerprint density at radius 2 is 1.50 bits per heavy atom. The van der Waals surface area contributed by atoms with Gasteiger partial charge in [-0.15, -0.1) is 0 Å². The SMILES string of the molecule is COc1cccc2c1ccc1ccccc12. The van der Waals surface area contributed by atoms with Crippen molar-refractivity contribution in [2.45, 2.75) is 0 Å². The molecule has 3 aromatic rings. The largest absolute Gasteiger partial charge is 0.496 e. The summed E-state index contributed by atoms with van der Waals surface area (Å²) in [4.78, 5) is 0. The van der Waals surface area contributed by atoms with Crippen LogP contribution in [0.3, 0.4) is 0 Å². The minimum Gasteiger partial charge on any atom is -0.496 e. The smallest absolute Gasteiger partial charge is 0.126 e. The summed E-state index contributed by atoms with van der Waals surface area (Å²) in [6.07, 6.45) is 0. The fraction of sp³-hybridized carbons (Fsp3) is 0.0667. The van der Waals surface area contributed by atoms with Gasteiger partial charge in [0.2, 0.25) is 0 Å². The van der Waals surface area contributed by atoms with Crippen molar-refractivity contribution in [3.63, 3.8) is 0 Å². The molecule has 16 heavy (non-hydrogen) atoms. The maximum Gasteiger partial charge on any atom is 0.126 e. The first-order valence-corrected chi connectivity index (χ1v) is 5.34. The Balaban J connectivity index is 2.52. The molecular formula is C15H12O. The third-order valence-electron chi connectivity index (χ3n) is 2.97. The third kappa shape index (κ3) is 1.25. The van der Waals surface area contributed by atoms with Gasteiger partial charge in [-0.3, -0.25) is 0 Å². The summed E-state index contributed by atoms with van der Waals surface area (Å²) in [6, 6.07) is 18.8. The van der Waals surface area contributed by atoms with Gasteiger partial charge in [0.05, 0.1) is 7.11 Å². The highest BCUT2D eigenvalue weighted by molar-refractivity contribution is 6.09. The summed E-state index contributed by atoms with van der Waals surface area (Å²) >= 11 is 0. The van der Waals surface area contributed by atoms with Gasteiger partial charge in [-0.1, -0.05) is 48.5 Å². The fourth-order valence-electron chi connectivity index (χ4n) is 2.19. The van der Waals surface area contributed by atoms with Gasteiger partial charge in [0.1, 0.15) is 5.75 Å². The average molecular weight is 208 g/mol. The highest BCUT2D eigenvalue weighted by Crippen LogP contribution is 2.31. The van der Waals surface area contributed by atoms with Crippen molar-refractivity contribution in [3.8, 4) is 5.75 Å². The lowest BCUT2D eigenvalue weighted by Crippen LogP contribution is -1.85. The van der Waals surface area contributed by atoms with Crippen LogP contribution in [0.2, 0.25) is 0 Å². The lowest BCUT2D eigenvalue weighted by atomic mass is 10.0. The number of fused-ring (bicyclic) bond motifs is 3. The molecule has 0 aliphatic heterocycles. The molecule has 1 nitrogen and oxygen atoms in total. The monoisotopic (exact) mass is 208 g/mol. The minimum absolute atomic E-state index is 0.934. The highest BCUT2D eigenvalue weighted by Gasteiger charge is 2.03. The zero-order valence-corrected chi connectivity index (χ0v) is 9.10. The molecule has 0 spiro atoms. The Bertz CT molecular complexity index is 656. The summed E-state index contributed by atoms with van der Waals surface area (Å²) in [6.45, 7) is 0. The standard InChI is InChI=1S/C15H12O/c1-16-15-8-4-7-13-12-6-3-2-5-11(12)9-10-14(13)15/h2-10H,1H3. The summed E-state index contributed by atoms with van der Waals surface area (Å²) in [7, 11) is 1.71. The molecule has 0 atom stereocenters. The number of benzene rings is 3. The number of methoxy groups -OCH3 is 1. The second-order valence-corrected chi connectivity index (χ2v) is 3.84. The van der Waals surface area contributed by atoms with Gasteiger partial charge in [-0.05, 0) is 22.2 Å². The molecule has 0 aliphatic carbocycles. The van der Waals surface area contributed by atoms with E-state index in [2.05, 4.69) is 42.5 Å². The van der Waals surface area contributed by atoms with Crippen molar-refractivity contribution in [3.05, 3.63) is 54.6 Å². The number of ether oxygens (including phenoxy) is 1.